The Labute approximate surface area is 151 Å². The van der Waals surface area contributed by atoms with Crippen LogP contribution in [0.15, 0.2) is 11.6 Å². The van der Waals surface area contributed by atoms with Gasteiger partial charge in [-0.2, -0.15) is 0 Å². The first kappa shape index (κ1) is 17.1. The molecule has 0 amide bonds. The average Bonchev–Trinajstić information content (AvgIpc) is 2.84. The van der Waals surface area contributed by atoms with E-state index in [0.717, 1.165) is 44.9 Å². The number of fused-ring (bicyclic) bond motifs is 5. The summed E-state index contributed by atoms with van der Waals surface area (Å²) in [6, 6.07) is 0. The summed E-state index contributed by atoms with van der Waals surface area (Å²) < 4.78 is 0. The van der Waals surface area contributed by atoms with Gasteiger partial charge in [0, 0.05) is 11.3 Å². The number of alkyl halides is 1. The Bertz CT molecular complexity index is 584. The number of Topliss-reactive ketones (excluding diaryl/α,β-unsaturated/α-hetero) is 1. The maximum absolute atomic E-state index is 12.2. The molecule has 3 fully saturated rings. The SMILES string of the molecule is CC(=O)[C@@H]1CC[C@@H]2[C@@H]3CC=C4C[C@H](Cl)CC[C@]4(C)[C@H]3[C@H](O)C[C@@]21C. The van der Waals surface area contributed by atoms with Crippen LogP contribution in [-0.2, 0) is 4.79 Å². The highest BCUT2D eigenvalue weighted by Gasteiger charge is 2.62. The molecule has 0 radical (unpaired) electrons. The van der Waals surface area contributed by atoms with Crippen LogP contribution >= 0.6 is 11.6 Å². The molecule has 3 heteroatoms. The molecule has 0 spiro atoms. The maximum atomic E-state index is 12.2. The number of hydrogen-bond acceptors (Lipinski definition) is 2. The van der Waals surface area contributed by atoms with Crippen LogP contribution in [0, 0.1) is 34.5 Å². The molecule has 3 saturated carbocycles. The second-order valence-electron chi connectivity index (χ2n) is 9.54. The molecule has 1 N–H and O–H groups in total. The normalized spacial score (nSPS) is 53.6. The number of aliphatic hydroxyl groups is 1. The van der Waals surface area contributed by atoms with Crippen LogP contribution in [0.5, 0.6) is 0 Å². The largest absolute Gasteiger partial charge is 0.393 e. The summed E-state index contributed by atoms with van der Waals surface area (Å²) in [7, 11) is 0. The van der Waals surface area contributed by atoms with E-state index in [1.807, 2.05) is 0 Å². The van der Waals surface area contributed by atoms with Crippen molar-refractivity contribution in [1.29, 1.82) is 0 Å². The van der Waals surface area contributed by atoms with Gasteiger partial charge in [0.1, 0.15) is 5.78 Å². The van der Waals surface area contributed by atoms with Gasteiger partial charge in [0.25, 0.3) is 0 Å². The minimum absolute atomic E-state index is 0.00218. The van der Waals surface area contributed by atoms with E-state index in [2.05, 4.69) is 19.9 Å². The number of carbonyl (C=O) groups excluding carboxylic acids is 1. The highest BCUT2D eigenvalue weighted by Crippen LogP contribution is 2.66. The molecular formula is C21H31ClO2. The van der Waals surface area contributed by atoms with Gasteiger partial charge < -0.3 is 5.11 Å². The second kappa shape index (κ2) is 5.58. The van der Waals surface area contributed by atoms with E-state index < -0.39 is 0 Å². The van der Waals surface area contributed by atoms with Gasteiger partial charge >= 0.3 is 0 Å². The summed E-state index contributed by atoms with van der Waals surface area (Å²) >= 11 is 6.43. The molecule has 134 valence electrons. The first-order chi connectivity index (χ1) is 11.3. The number of rotatable bonds is 1. The highest BCUT2D eigenvalue weighted by atomic mass is 35.5. The Morgan fingerprint density at radius 3 is 2.75 bits per heavy atom. The minimum Gasteiger partial charge on any atom is -0.393 e. The van der Waals surface area contributed by atoms with Crippen LogP contribution in [0.1, 0.15) is 65.7 Å². The van der Waals surface area contributed by atoms with Crippen LogP contribution in [-0.4, -0.2) is 22.4 Å². The van der Waals surface area contributed by atoms with Crippen molar-refractivity contribution in [2.45, 2.75) is 77.2 Å². The molecule has 0 heterocycles. The molecule has 4 rings (SSSR count). The third-order valence-corrected chi connectivity index (χ3v) is 8.84. The van der Waals surface area contributed by atoms with Gasteiger partial charge in [0.15, 0.2) is 0 Å². The van der Waals surface area contributed by atoms with Crippen molar-refractivity contribution >= 4 is 17.4 Å². The third kappa shape index (κ3) is 2.21. The van der Waals surface area contributed by atoms with Crippen molar-refractivity contribution in [2.75, 3.05) is 0 Å². The molecule has 0 bridgehead atoms. The van der Waals surface area contributed by atoms with Crippen molar-refractivity contribution < 1.29 is 9.90 Å². The number of hydrogen-bond donors (Lipinski definition) is 1. The number of aliphatic hydroxyl groups excluding tert-OH is 1. The Morgan fingerprint density at radius 2 is 2.04 bits per heavy atom. The predicted molar refractivity (Wildman–Crippen MR) is 96.9 cm³/mol. The van der Waals surface area contributed by atoms with Gasteiger partial charge in [-0.3, -0.25) is 4.79 Å². The van der Waals surface area contributed by atoms with E-state index in [-0.39, 0.29) is 28.2 Å². The Morgan fingerprint density at radius 1 is 1.29 bits per heavy atom. The minimum atomic E-state index is -0.281. The van der Waals surface area contributed by atoms with Crippen molar-refractivity contribution in [3.8, 4) is 0 Å². The lowest BCUT2D eigenvalue weighted by Crippen LogP contribution is -2.56. The summed E-state index contributed by atoms with van der Waals surface area (Å²) in [6.45, 7) is 6.41. The fraction of sp³-hybridized carbons (Fsp3) is 0.857. The second-order valence-corrected chi connectivity index (χ2v) is 10.2. The summed E-state index contributed by atoms with van der Waals surface area (Å²) in [5, 5.41) is 11.5. The van der Waals surface area contributed by atoms with E-state index in [4.69, 9.17) is 11.6 Å². The zero-order valence-corrected chi connectivity index (χ0v) is 16.0. The predicted octanol–water partition coefficient (Wildman–Crippen LogP) is 4.73. The summed E-state index contributed by atoms with van der Waals surface area (Å²) in [5.41, 5.74) is 1.61. The Kier molecular flexibility index (Phi) is 3.97. The first-order valence-electron chi connectivity index (χ1n) is 9.79. The molecule has 0 aliphatic heterocycles. The standard InChI is InChI=1S/C21H31ClO2/c1-12(23)16-6-7-17-15-5-4-13-10-14(22)8-9-20(13,2)19(15)18(24)11-21(16,17)3/h4,14-19,24H,5-11H2,1-3H3/t14-,15+,16+,17-,18-,19-,20+,21-/m1/s1. The van der Waals surface area contributed by atoms with Gasteiger partial charge in [-0.05, 0) is 80.5 Å². The number of ketones is 1. The smallest absolute Gasteiger partial charge is 0.133 e. The molecule has 0 aromatic heterocycles. The molecule has 0 saturated heterocycles. The average molecular weight is 351 g/mol. The fourth-order valence-corrected chi connectivity index (χ4v) is 7.69. The monoisotopic (exact) mass is 350 g/mol. The van der Waals surface area contributed by atoms with Crippen LogP contribution in [0.25, 0.3) is 0 Å². The molecule has 0 aromatic carbocycles. The lowest BCUT2D eigenvalue weighted by atomic mass is 9.46. The van der Waals surface area contributed by atoms with Crippen molar-refractivity contribution in [3.63, 3.8) is 0 Å². The van der Waals surface area contributed by atoms with E-state index in [1.54, 1.807) is 6.92 Å². The van der Waals surface area contributed by atoms with E-state index in [0.29, 0.717) is 23.5 Å². The van der Waals surface area contributed by atoms with Crippen LogP contribution < -0.4 is 0 Å². The molecule has 4 aliphatic carbocycles. The van der Waals surface area contributed by atoms with Crippen LogP contribution in [0.3, 0.4) is 0 Å². The molecule has 24 heavy (non-hydrogen) atoms. The van der Waals surface area contributed by atoms with Gasteiger partial charge in [-0.25, -0.2) is 0 Å². The summed E-state index contributed by atoms with van der Waals surface area (Å²) in [4.78, 5) is 12.2. The number of carbonyl (C=O) groups is 1. The molecule has 0 unspecified atom stereocenters. The number of allylic oxidation sites excluding steroid dienone is 2. The molecule has 2 nitrogen and oxygen atoms in total. The Hall–Kier alpha value is -0.340. The Balaban J connectivity index is 1.71. The van der Waals surface area contributed by atoms with Gasteiger partial charge in [0.2, 0.25) is 0 Å². The van der Waals surface area contributed by atoms with Crippen molar-refractivity contribution in [2.24, 2.45) is 34.5 Å². The van der Waals surface area contributed by atoms with Gasteiger partial charge in [-0.15, -0.1) is 11.6 Å². The molecular weight excluding hydrogens is 320 g/mol. The lowest BCUT2D eigenvalue weighted by molar-refractivity contribution is -0.138. The number of halogens is 1. The third-order valence-electron chi connectivity index (χ3n) is 8.47. The maximum Gasteiger partial charge on any atom is 0.133 e. The van der Waals surface area contributed by atoms with Crippen molar-refractivity contribution in [1.82, 2.24) is 0 Å². The van der Waals surface area contributed by atoms with Crippen molar-refractivity contribution in [3.05, 3.63) is 11.6 Å². The van der Waals surface area contributed by atoms with Gasteiger partial charge in [0.05, 0.1) is 6.10 Å². The summed E-state index contributed by atoms with van der Waals surface area (Å²) in [5.74, 6) is 1.94. The van der Waals surface area contributed by atoms with Crippen LogP contribution in [0.4, 0.5) is 0 Å². The zero-order chi connectivity index (χ0) is 17.3. The fourth-order valence-electron chi connectivity index (χ4n) is 7.42. The zero-order valence-electron chi connectivity index (χ0n) is 15.2. The topological polar surface area (TPSA) is 37.3 Å². The van der Waals surface area contributed by atoms with E-state index in [9.17, 15) is 9.90 Å². The first-order valence-corrected chi connectivity index (χ1v) is 10.2. The molecule has 8 atom stereocenters. The van der Waals surface area contributed by atoms with E-state index in [1.165, 1.54) is 5.57 Å². The van der Waals surface area contributed by atoms with E-state index >= 15 is 0 Å². The summed E-state index contributed by atoms with van der Waals surface area (Å²) in [6.07, 6.45) is 9.37. The van der Waals surface area contributed by atoms with Crippen LogP contribution in [0.2, 0.25) is 0 Å². The quantitative estimate of drug-likeness (QED) is 0.548. The molecule has 0 aromatic rings. The van der Waals surface area contributed by atoms with Gasteiger partial charge in [-0.1, -0.05) is 25.5 Å². The lowest BCUT2D eigenvalue weighted by Gasteiger charge is -2.59. The highest BCUT2D eigenvalue weighted by molar-refractivity contribution is 6.20. The molecule has 4 aliphatic rings.